The van der Waals surface area contributed by atoms with Gasteiger partial charge in [0.1, 0.15) is 17.7 Å². The molecule has 1 amide bonds. The molecule has 2 aromatic carbocycles. The van der Waals surface area contributed by atoms with Crippen LogP contribution in [0, 0.1) is 25.5 Å². The van der Waals surface area contributed by atoms with Crippen LogP contribution in [-0.2, 0) is 14.3 Å². The van der Waals surface area contributed by atoms with Crippen LogP contribution in [0.5, 0.6) is 0 Å². The number of amides is 1. The lowest BCUT2D eigenvalue weighted by Crippen LogP contribution is -2.30. The maximum Gasteiger partial charge on any atom is 0.302 e. The first-order valence-corrected chi connectivity index (χ1v) is 13.1. The second-order valence-corrected chi connectivity index (χ2v) is 10.4. The molecule has 2 aromatic heterocycles. The zero-order valence-corrected chi connectivity index (χ0v) is 21.9. The fraction of sp³-hybridized carbons (Fsp3) is 0.379. The number of carbonyl (C=O) groups excluding carboxylic acids is 2. The number of nitrogens with zero attached hydrogens (tertiary/aromatic N) is 4. The predicted molar refractivity (Wildman–Crippen MR) is 139 cm³/mol. The topological polar surface area (TPSA) is 90.5 Å². The first kappa shape index (κ1) is 25.2. The molecule has 1 saturated carbocycles. The van der Waals surface area contributed by atoms with Gasteiger partial charge >= 0.3 is 5.97 Å². The number of imidazole rings is 1. The molecule has 6 rings (SSSR count). The molecule has 0 spiro atoms. The maximum absolute atomic E-state index is 14.2. The number of aryl methyl sites for hydroxylation is 2. The third kappa shape index (κ3) is 4.37. The Labute approximate surface area is 223 Å². The van der Waals surface area contributed by atoms with Crippen molar-refractivity contribution >= 4 is 28.6 Å². The van der Waals surface area contributed by atoms with Gasteiger partial charge in [0.15, 0.2) is 11.6 Å². The van der Waals surface area contributed by atoms with Crippen LogP contribution in [0.3, 0.4) is 0 Å². The number of fused-ring (bicyclic) bond motifs is 1. The van der Waals surface area contributed by atoms with Crippen LogP contribution in [0.4, 0.5) is 14.5 Å². The molecule has 202 valence electrons. The van der Waals surface area contributed by atoms with E-state index in [1.165, 1.54) is 17.9 Å². The van der Waals surface area contributed by atoms with Gasteiger partial charge in [0, 0.05) is 43.1 Å². The zero-order valence-electron chi connectivity index (χ0n) is 21.9. The van der Waals surface area contributed by atoms with Crippen LogP contribution < -0.4 is 4.90 Å². The van der Waals surface area contributed by atoms with Crippen molar-refractivity contribution in [3.8, 4) is 11.1 Å². The summed E-state index contributed by atoms with van der Waals surface area (Å²) < 4.78 is 40.9. The number of aromatic nitrogens is 3. The van der Waals surface area contributed by atoms with Crippen molar-refractivity contribution in [2.75, 3.05) is 4.90 Å². The lowest BCUT2D eigenvalue weighted by molar-refractivity contribution is -0.146. The molecule has 2 aliphatic rings. The fourth-order valence-electron chi connectivity index (χ4n) is 6.17. The maximum atomic E-state index is 14.2. The van der Waals surface area contributed by atoms with Gasteiger partial charge in [-0.3, -0.25) is 9.59 Å². The molecule has 0 bridgehead atoms. The highest BCUT2D eigenvalue weighted by molar-refractivity contribution is 5.96. The van der Waals surface area contributed by atoms with Crippen LogP contribution in [-0.4, -0.2) is 32.7 Å². The lowest BCUT2D eigenvalue weighted by Gasteiger charge is -2.27. The first-order chi connectivity index (χ1) is 18.7. The molecule has 1 saturated heterocycles. The minimum Gasteiger partial charge on any atom is -0.462 e. The Morgan fingerprint density at radius 1 is 1.08 bits per heavy atom. The van der Waals surface area contributed by atoms with Crippen LogP contribution in [0.1, 0.15) is 68.4 Å². The molecular formula is C29H28F2N4O4. The molecule has 8 nitrogen and oxygen atoms in total. The number of anilines is 1. The summed E-state index contributed by atoms with van der Waals surface area (Å²) in [6.07, 6.45) is 2.66. The van der Waals surface area contributed by atoms with Crippen molar-refractivity contribution in [3.63, 3.8) is 0 Å². The van der Waals surface area contributed by atoms with Gasteiger partial charge < -0.3 is 18.7 Å². The number of carbonyl (C=O) groups is 2. The molecule has 3 heterocycles. The Hall–Kier alpha value is -4.08. The minimum absolute atomic E-state index is 0.0122. The van der Waals surface area contributed by atoms with Crippen molar-refractivity contribution in [1.82, 2.24) is 14.7 Å². The van der Waals surface area contributed by atoms with E-state index in [-0.39, 0.29) is 30.4 Å². The summed E-state index contributed by atoms with van der Waals surface area (Å²) in [7, 11) is 0. The van der Waals surface area contributed by atoms with E-state index in [1.807, 2.05) is 32.0 Å². The van der Waals surface area contributed by atoms with Gasteiger partial charge in [0.2, 0.25) is 5.91 Å². The quantitative estimate of drug-likeness (QED) is 0.287. The molecule has 39 heavy (non-hydrogen) atoms. The van der Waals surface area contributed by atoms with Gasteiger partial charge in [-0.2, -0.15) is 0 Å². The third-order valence-electron chi connectivity index (χ3n) is 7.78. The van der Waals surface area contributed by atoms with E-state index in [9.17, 15) is 18.4 Å². The summed E-state index contributed by atoms with van der Waals surface area (Å²) in [5.74, 6) is -1.09. The number of halogens is 2. The Morgan fingerprint density at radius 2 is 1.90 bits per heavy atom. The molecule has 4 aromatic rings. The SMILES string of the molecule is CC(=O)OC1CCC(n2c(C3CCC(=O)N3c3ccc(F)c(F)c3)nc3cc(-c4c(C)noc4C)ccc32)C1. The van der Waals surface area contributed by atoms with E-state index in [1.54, 1.807) is 0 Å². The Balaban J connectivity index is 1.48. The molecule has 3 atom stereocenters. The number of hydrogen-bond acceptors (Lipinski definition) is 6. The van der Waals surface area contributed by atoms with E-state index in [4.69, 9.17) is 14.2 Å². The molecule has 0 radical (unpaired) electrons. The van der Waals surface area contributed by atoms with Crippen molar-refractivity contribution < 1.29 is 27.6 Å². The highest BCUT2D eigenvalue weighted by Crippen LogP contribution is 2.43. The lowest BCUT2D eigenvalue weighted by atomic mass is 10.0. The number of hydrogen-bond donors (Lipinski definition) is 0. The third-order valence-corrected chi connectivity index (χ3v) is 7.78. The van der Waals surface area contributed by atoms with Crippen molar-refractivity contribution in [2.24, 2.45) is 0 Å². The summed E-state index contributed by atoms with van der Waals surface area (Å²) >= 11 is 0. The van der Waals surface area contributed by atoms with Crippen LogP contribution in [0.15, 0.2) is 40.9 Å². The Morgan fingerprint density at radius 3 is 2.62 bits per heavy atom. The summed E-state index contributed by atoms with van der Waals surface area (Å²) in [6.45, 7) is 5.16. The molecular weight excluding hydrogens is 506 g/mol. The normalized spacial score (nSPS) is 21.3. The van der Waals surface area contributed by atoms with E-state index in [0.717, 1.165) is 52.8 Å². The largest absolute Gasteiger partial charge is 0.462 e. The van der Waals surface area contributed by atoms with Crippen LogP contribution >= 0.6 is 0 Å². The Bertz CT molecular complexity index is 1590. The zero-order chi connectivity index (χ0) is 27.4. The summed E-state index contributed by atoms with van der Waals surface area (Å²) in [5, 5.41) is 4.07. The summed E-state index contributed by atoms with van der Waals surface area (Å²) in [5.41, 5.74) is 4.52. The van der Waals surface area contributed by atoms with Gasteiger partial charge in [-0.25, -0.2) is 13.8 Å². The number of ether oxygens (including phenoxy) is 1. The second-order valence-electron chi connectivity index (χ2n) is 10.4. The van der Waals surface area contributed by atoms with Crippen LogP contribution in [0.25, 0.3) is 22.2 Å². The molecule has 0 N–H and O–H groups in total. The predicted octanol–water partition coefficient (Wildman–Crippen LogP) is 6.11. The van der Waals surface area contributed by atoms with Gasteiger partial charge in [-0.1, -0.05) is 11.2 Å². The number of rotatable bonds is 5. The molecule has 1 aliphatic heterocycles. The van der Waals surface area contributed by atoms with E-state index in [0.29, 0.717) is 30.1 Å². The number of esters is 1. The van der Waals surface area contributed by atoms with Gasteiger partial charge in [0.25, 0.3) is 0 Å². The molecule has 1 aliphatic carbocycles. The first-order valence-electron chi connectivity index (χ1n) is 13.1. The summed E-state index contributed by atoms with van der Waals surface area (Å²) in [4.78, 5) is 31.2. The monoisotopic (exact) mass is 534 g/mol. The average molecular weight is 535 g/mol. The van der Waals surface area contributed by atoms with Gasteiger partial charge in [0.05, 0.1) is 22.8 Å². The molecule has 2 fully saturated rings. The highest BCUT2D eigenvalue weighted by atomic mass is 19.2. The standard InChI is InChI=1S/C29H28F2N4O4/c1-15-28(16(2)39-33-15)18-4-9-25-24(12-18)32-29(35(25)19-5-7-21(13-19)38-17(3)36)26-10-11-27(37)34(26)20-6-8-22(30)23(31)14-20/h4,6,8-9,12,14,19,21,26H,5,7,10-11,13H2,1-3H3. The highest BCUT2D eigenvalue weighted by Gasteiger charge is 2.39. The van der Waals surface area contributed by atoms with Gasteiger partial charge in [-0.15, -0.1) is 0 Å². The van der Waals surface area contributed by atoms with E-state index < -0.39 is 17.7 Å². The van der Waals surface area contributed by atoms with Crippen LogP contribution in [0.2, 0.25) is 0 Å². The Kier molecular flexibility index (Phi) is 6.20. The second kappa shape index (κ2) is 9.59. The smallest absolute Gasteiger partial charge is 0.302 e. The minimum atomic E-state index is -1.01. The number of benzene rings is 2. The molecule has 3 unspecified atom stereocenters. The summed E-state index contributed by atoms with van der Waals surface area (Å²) in [6, 6.07) is 9.02. The molecule has 10 heteroatoms. The van der Waals surface area contributed by atoms with Crippen molar-refractivity contribution in [3.05, 3.63) is 65.3 Å². The average Bonchev–Trinajstić information content (AvgIpc) is 3.66. The van der Waals surface area contributed by atoms with Crippen molar-refractivity contribution in [1.29, 1.82) is 0 Å². The fourth-order valence-corrected chi connectivity index (χ4v) is 6.17. The van der Waals surface area contributed by atoms with E-state index >= 15 is 0 Å². The van der Waals surface area contributed by atoms with Gasteiger partial charge in [-0.05, 0) is 62.9 Å². The van der Waals surface area contributed by atoms with Crippen molar-refractivity contribution in [2.45, 2.75) is 71.1 Å². The van der Waals surface area contributed by atoms with E-state index in [2.05, 4.69) is 9.72 Å².